The molecular formula is C23H33BrF2N2O4SSi. The molecule has 11 heteroatoms. The monoisotopic (exact) mass is 578 g/mol. The van der Waals surface area contributed by atoms with Gasteiger partial charge in [0.25, 0.3) is 0 Å². The number of thioether (sulfide) groups is 1. The second-order valence-corrected chi connectivity index (χ2v) is 18.1. The molecule has 0 saturated carbocycles. The number of ether oxygens (including phenoxy) is 1. The molecule has 2 N–H and O–H groups in total. The van der Waals surface area contributed by atoms with Crippen molar-refractivity contribution in [3.8, 4) is 0 Å². The lowest BCUT2D eigenvalue weighted by molar-refractivity contribution is -0.0760. The molecule has 1 aromatic carbocycles. The molecule has 1 aliphatic heterocycles. The quantitative estimate of drug-likeness (QED) is 0.274. The number of carbonyl (C=O) groups is 1. The molecule has 1 aliphatic rings. The smallest absolute Gasteiger partial charge is 0.415 e. The predicted molar refractivity (Wildman–Crippen MR) is 139 cm³/mol. The Balaban J connectivity index is 2.63. The van der Waals surface area contributed by atoms with Crippen LogP contribution in [0.1, 0.15) is 26.3 Å². The van der Waals surface area contributed by atoms with Crippen LogP contribution < -0.4 is 0 Å². The maximum Gasteiger partial charge on any atom is 0.415 e. The van der Waals surface area contributed by atoms with Crippen molar-refractivity contribution >= 4 is 47.0 Å². The molecule has 1 heterocycles. The Morgan fingerprint density at radius 2 is 2.00 bits per heavy atom. The van der Waals surface area contributed by atoms with Crippen molar-refractivity contribution in [3.63, 3.8) is 0 Å². The zero-order valence-electron chi connectivity index (χ0n) is 20.4. The third-order valence-corrected chi connectivity index (χ3v) is 8.36. The molecule has 2 rings (SSSR count). The van der Waals surface area contributed by atoms with Gasteiger partial charge in [0, 0.05) is 35.0 Å². The van der Waals surface area contributed by atoms with Crippen LogP contribution in [0.5, 0.6) is 0 Å². The number of alkyl halides is 1. The van der Waals surface area contributed by atoms with E-state index in [0.717, 1.165) is 22.7 Å². The van der Waals surface area contributed by atoms with Crippen LogP contribution in [0.15, 0.2) is 38.6 Å². The fraction of sp³-hybridized carbons (Fsp3) is 0.565. The van der Waals surface area contributed by atoms with Gasteiger partial charge in [0.2, 0.25) is 0 Å². The van der Waals surface area contributed by atoms with E-state index in [4.69, 9.17) is 4.74 Å². The van der Waals surface area contributed by atoms with Crippen molar-refractivity contribution in [1.82, 2.24) is 4.90 Å². The van der Waals surface area contributed by atoms with Gasteiger partial charge in [0.15, 0.2) is 5.17 Å². The molecule has 0 radical (unpaired) electrons. The van der Waals surface area contributed by atoms with E-state index in [1.54, 1.807) is 0 Å². The number of benzene rings is 1. The second-order valence-electron chi connectivity index (χ2n) is 10.5. The zero-order chi connectivity index (χ0) is 25.9. The third-order valence-electron chi connectivity index (χ3n) is 5.19. The summed E-state index contributed by atoms with van der Waals surface area (Å²) in [5.74, 6) is -0.690. The van der Waals surface area contributed by atoms with Crippen LogP contribution in [0.4, 0.5) is 13.6 Å². The number of carboxylic acid groups (broad SMARTS) is 1. The minimum atomic E-state index is -1.83. The highest BCUT2D eigenvalue weighted by Crippen LogP contribution is 2.42. The summed E-state index contributed by atoms with van der Waals surface area (Å²) in [7, 11) is -1.45. The highest BCUT2D eigenvalue weighted by Gasteiger charge is 2.43. The number of aliphatic hydroxyl groups excluding tert-OH is 1. The van der Waals surface area contributed by atoms with Crippen LogP contribution in [0.3, 0.4) is 0 Å². The lowest BCUT2D eigenvalue weighted by atomic mass is 9.90. The summed E-state index contributed by atoms with van der Waals surface area (Å²) in [6, 6.07) is 4.91. The van der Waals surface area contributed by atoms with Gasteiger partial charge < -0.3 is 14.9 Å². The first-order chi connectivity index (χ1) is 15.6. The lowest BCUT2D eigenvalue weighted by Gasteiger charge is -2.40. The highest BCUT2D eigenvalue weighted by atomic mass is 79.9. The van der Waals surface area contributed by atoms with Gasteiger partial charge in [-0.1, -0.05) is 68.1 Å². The molecule has 0 aliphatic carbocycles. The zero-order valence-corrected chi connectivity index (χ0v) is 23.8. The molecule has 0 spiro atoms. The minimum absolute atomic E-state index is 0.0644. The summed E-state index contributed by atoms with van der Waals surface area (Å²) < 4.78 is 36.1. The number of nitrogens with zero attached hydrogens (tertiary/aromatic N) is 2. The van der Waals surface area contributed by atoms with Crippen LogP contribution in [0, 0.1) is 11.2 Å². The molecular weight excluding hydrogens is 546 g/mol. The van der Waals surface area contributed by atoms with Gasteiger partial charge in [0.1, 0.15) is 24.3 Å². The van der Waals surface area contributed by atoms with Gasteiger partial charge in [-0.3, -0.25) is 0 Å². The van der Waals surface area contributed by atoms with Gasteiger partial charge in [-0.15, -0.1) is 0 Å². The van der Waals surface area contributed by atoms with Crippen molar-refractivity contribution < 1.29 is 28.5 Å². The molecule has 6 nitrogen and oxygen atoms in total. The van der Waals surface area contributed by atoms with Crippen molar-refractivity contribution in [3.05, 3.63) is 45.0 Å². The van der Waals surface area contributed by atoms with Crippen LogP contribution >= 0.6 is 27.7 Å². The van der Waals surface area contributed by atoms with Crippen LogP contribution in [-0.4, -0.2) is 60.6 Å². The molecule has 190 valence electrons. The molecule has 0 bridgehead atoms. The summed E-state index contributed by atoms with van der Waals surface area (Å²) in [4.78, 5) is 18.2. The van der Waals surface area contributed by atoms with Crippen LogP contribution in [0.2, 0.25) is 25.7 Å². The van der Waals surface area contributed by atoms with E-state index in [1.165, 1.54) is 24.3 Å². The number of amides is 1. The molecule has 1 unspecified atom stereocenters. The summed E-state index contributed by atoms with van der Waals surface area (Å²) in [6.45, 7) is 10.9. The number of aliphatic hydroxyl groups is 1. The number of halogens is 3. The number of aliphatic imine (C=N–C) groups is 1. The first-order valence-electron chi connectivity index (χ1n) is 10.9. The molecule has 2 atom stereocenters. The fourth-order valence-corrected chi connectivity index (χ4v) is 5.52. The largest absolute Gasteiger partial charge is 0.465 e. The predicted octanol–water partition coefficient (Wildman–Crippen LogP) is 6.44. The van der Waals surface area contributed by atoms with E-state index < -0.39 is 50.4 Å². The van der Waals surface area contributed by atoms with E-state index in [1.807, 2.05) is 20.8 Å². The third kappa shape index (κ3) is 7.13. The number of hydrogen-bond acceptors (Lipinski definition) is 5. The first kappa shape index (κ1) is 29.0. The van der Waals surface area contributed by atoms with Crippen LogP contribution in [0.25, 0.3) is 0 Å². The maximum absolute atomic E-state index is 14.8. The van der Waals surface area contributed by atoms with Crippen molar-refractivity contribution in [2.24, 2.45) is 10.4 Å². The Bertz CT molecular complexity index is 965. The van der Waals surface area contributed by atoms with Crippen LogP contribution in [-0.2, 0) is 10.3 Å². The highest BCUT2D eigenvalue weighted by molar-refractivity contribution is 9.10. The summed E-state index contributed by atoms with van der Waals surface area (Å²) in [5, 5.41) is 20.0. The molecule has 1 aromatic rings. The summed E-state index contributed by atoms with van der Waals surface area (Å²) in [6.07, 6.45) is -0.916. The lowest BCUT2D eigenvalue weighted by Crippen LogP contribution is -2.52. The van der Waals surface area contributed by atoms with Crippen molar-refractivity contribution in [1.29, 1.82) is 0 Å². The molecule has 0 fully saturated rings. The average Bonchev–Trinajstić information content (AvgIpc) is 2.72. The Hall–Kier alpha value is -1.27. The number of amidine groups is 1. The topological polar surface area (TPSA) is 82.4 Å². The van der Waals surface area contributed by atoms with E-state index >= 15 is 0 Å². The van der Waals surface area contributed by atoms with E-state index in [0.29, 0.717) is 11.1 Å². The van der Waals surface area contributed by atoms with Gasteiger partial charge in [0.05, 0.1) is 6.61 Å². The summed E-state index contributed by atoms with van der Waals surface area (Å²) in [5.41, 5.74) is -2.55. The SMILES string of the molecule is CC(C)(C)[C@H](OCC[Si](C)(C)C)N(C(=O)O)C1=NC(CF)(c2cc(Br)ccc2F)C=C(CO)S1. The normalized spacial score (nSPS) is 19.9. The van der Waals surface area contributed by atoms with E-state index in [2.05, 4.69) is 40.6 Å². The second kappa shape index (κ2) is 11.2. The maximum atomic E-state index is 14.8. The van der Waals surface area contributed by atoms with Gasteiger partial charge in [-0.05, 0) is 30.3 Å². The van der Waals surface area contributed by atoms with E-state index in [-0.39, 0.29) is 15.6 Å². The Kier molecular flexibility index (Phi) is 9.54. The number of rotatable bonds is 8. The molecule has 34 heavy (non-hydrogen) atoms. The van der Waals surface area contributed by atoms with E-state index in [9.17, 15) is 23.8 Å². The van der Waals surface area contributed by atoms with Crippen molar-refractivity contribution in [2.75, 3.05) is 19.9 Å². The molecule has 0 aromatic heterocycles. The molecule has 0 saturated heterocycles. The Labute approximate surface area is 213 Å². The first-order valence-corrected chi connectivity index (χ1v) is 16.2. The fourth-order valence-electron chi connectivity index (χ4n) is 3.40. The average molecular weight is 580 g/mol. The van der Waals surface area contributed by atoms with Crippen molar-refractivity contribution in [2.45, 2.75) is 58.2 Å². The van der Waals surface area contributed by atoms with Gasteiger partial charge in [-0.2, -0.15) is 0 Å². The molecule has 1 amide bonds. The summed E-state index contributed by atoms with van der Waals surface area (Å²) >= 11 is 4.18. The standard InChI is InChI=1S/C23H33BrF2N2O4SSi/c1-22(2,3)19(32-9-10-34(4,5)6)28(21(30)31)20-27-23(14-25,12-16(13-29)33-20)17-11-15(24)7-8-18(17)26/h7-8,11-12,19,29H,9-10,13-14H2,1-6H3,(H,30,31)/t19-,23?/m0/s1. The Morgan fingerprint density at radius 3 is 2.50 bits per heavy atom. The van der Waals surface area contributed by atoms with Gasteiger partial charge >= 0.3 is 6.09 Å². The minimum Gasteiger partial charge on any atom is -0.465 e. The van der Waals surface area contributed by atoms with Gasteiger partial charge in [-0.25, -0.2) is 23.5 Å². The Morgan fingerprint density at radius 1 is 1.35 bits per heavy atom. The number of hydrogen-bond donors (Lipinski definition) is 2.